The number of benzene rings is 1. The van der Waals surface area contributed by atoms with Gasteiger partial charge in [0.05, 0.1) is 6.04 Å². The predicted molar refractivity (Wildman–Crippen MR) is 73.9 cm³/mol. The highest BCUT2D eigenvalue weighted by Crippen LogP contribution is 2.28. The van der Waals surface area contributed by atoms with Crippen molar-refractivity contribution in [2.75, 3.05) is 0 Å². The molecule has 1 aromatic carbocycles. The second-order valence-electron chi connectivity index (χ2n) is 3.74. The van der Waals surface area contributed by atoms with Crippen LogP contribution in [0.3, 0.4) is 0 Å². The van der Waals surface area contributed by atoms with E-state index in [-0.39, 0.29) is 6.04 Å². The van der Waals surface area contributed by atoms with E-state index in [1.807, 2.05) is 0 Å². The Labute approximate surface area is 108 Å². The first-order valence-corrected chi connectivity index (χ1v) is 6.96. The van der Waals surface area contributed by atoms with Crippen LogP contribution in [-0.2, 0) is 6.42 Å². The van der Waals surface area contributed by atoms with Crippen LogP contribution in [0, 0.1) is 0 Å². The lowest BCUT2D eigenvalue weighted by atomic mass is 10.0. The maximum atomic E-state index is 6.24. The number of aryl methyl sites for hydroxylation is 1. The van der Waals surface area contributed by atoms with E-state index in [2.05, 4.69) is 58.6 Å². The SMILES string of the molecule is CCc1cccc(C(N)c2cc(Br)cs2)c1. The summed E-state index contributed by atoms with van der Waals surface area (Å²) in [6.07, 6.45) is 1.05. The largest absolute Gasteiger partial charge is 0.320 e. The summed E-state index contributed by atoms with van der Waals surface area (Å²) >= 11 is 5.15. The molecule has 0 spiro atoms. The van der Waals surface area contributed by atoms with Crippen LogP contribution in [-0.4, -0.2) is 0 Å². The Morgan fingerprint density at radius 1 is 1.38 bits per heavy atom. The summed E-state index contributed by atoms with van der Waals surface area (Å²) in [5, 5.41) is 2.07. The van der Waals surface area contributed by atoms with Gasteiger partial charge >= 0.3 is 0 Å². The highest BCUT2D eigenvalue weighted by molar-refractivity contribution is 9.10. The fourth-order valence-electron chi connectivity index (χ4n) is 1.66. The highest BCUT2D eigenvalue weighted by atomic mass is 79.9. The van der Waals surface area contributed by atoms with E-state index < -0.39 is 0 Å². The number of halogens is 1. The topological polar surface area (TPSA) is 26.0 Å². The van der Waals surface area contributed by atoms with Crippen LogP contribution in [0.2, 0.25) is 0 Å². The molecule has 1 unspecified atom stereocenters. The molecule has 16 heavy (non-hydrogen) atoms. The molecule has 3 heteroatoms. The van der Waals surface area contributed by atoms with Gasteiger partial charge in [-0.15, -0.1) is 11.3 Å². The predicted octanol–water partition coefficient (Wildman–Crippen LogP) is 4.12. The molecule has 0 saturated heterocycles. The quantitative estimate of drug-likeness (QED) is 0.906. The van der Waals surface area contributed by atoms with Gasteiger partial charge < -0.3 is 5.73 Å². The summed E-state index contributed by atoms with van der Waals surface area (Å²) in [5.74, 6) is 0. The van der Waals surface area contributed by atoms with E-state index in [1.54, 1.807) is 11.3 Å². The van der Waals surface area contributed by atoms with Gasteiger partial charge in [-0.1, -0.05) is 31.2 Å². The van der Waals surface area contributed by atoms with Crippen LogP contribution < -0.4 is 5.73 Å². The monoisotopic (exact) mass is 295 g/mol. The van der Waals surface area contributed by atoms with Gasteiger partial charge in [-0.3, -0.25) is 0 Å². The Morgan fingerprint density at radius 3 is 2.81 bits per heavy atom. The van der Waals surface area contributed by atoms with Crippen LogP contribution in [0.15, 0.2) is 40.2 Å². The van der Waals surface area contributed by atoms with Crippen molar-refractivity contribution in [1.29, 1.82) is 0 Å². The molecule has 0 aliphatic rings. The fraction of sp³-hybridized carbons (Fsp3) is 0.231. The Hall–Kier alpha value is -0.640. The molecule has 1 heterocycles. The van der Waals surface area contributed by atoms with E-state index in [0.29, 0.717) is 0 Å². The molecule has 0 saturated carbocycles. The molecule has 0 amide bonds. The van der Waals surface area contributed by atoms with Crippen LogP contribution in [0.5, 0.6) is 0 Å². The normalized spacial score (nSPS) is 12.7. The molecule has 1 aromatic heterocycles. The fourth-order valence-corrected chi connectivity index (χ4v) is 3.14. The van der Waals surface area contributed by atoms with E-state index in [0.717, 1.165) is 10.9 Å². The average molecular weight is 296 g/mol. The number of hydrogen-bond acceptors (Lipinski definition) is 2. The zero-order valence-electron chi connectivity index (χ0n) is 9.11. The van der Waals surface area contributed by atoms with Gasteiger partial charge in [0.2, 0.25) is 0 Å². The van der Waals surface area contributed by atoms with Crippen molar-refractivity contribution >= 4 is 27.3 Å². The number of thiophene rings is 1. The Morgan fingerprint density at radius 2 is 2.19 bits per heavy atom. The first-order valence-electron chi connectivity index (χ1n) is 5.29. The van der Waals surface area contributed by atoms with Gasteiger partial charge in [-0.05, 0) is 39.5 Å². The van der Waals surface area contributed by atoms with E-state index in [1.165, 1.54) is 16.0 Å². The van der Waals surface area contributed by atoms with Crippen LogP contribution in [0.25, 0.3) is 0 Å². The van der Waals surface area contributed by atoms with Crippen LogP contribution in [0.4, 0.5) is 0 Å². The van der Waals surface area contributed by atoms with E-state index in [9.17, 15) is 0 Å². The molecule has 0 bridgehead atoms. The molecule has 0 radical (unpaired) electrons. The summed E-state index contributed by atoms with van der Waals surface area (Å²) in [6, 6.07) is 10.6. The van der Waals surface area contributed by atoms with E-state index in [4.69, 9.17) is 5.73 Å². The molecule has 0 aliphatic heterocycles. The van der Waals surface area contributed by atoms with Crippen LogP contribution >= 0.6 is 27.3 Å². The van der Waals surface area contributed by atoms with Gasteiger partial charge in [0, 0.05) is 14.7 Å². The Kier molecular flexibility index (Phi) is 3.79. The standard InChI is InChI=1S/C13H14BrNS/c1-2-9-4-3-5-10(6-9)13(15)12-7-11(14)8-16-12/h3-8,13H,2,15H2,1H3. The molecule has 1 nitrogen and oxygen atoms in total. The summed E-state index contributed by atoms with van der Waals surface area (Å²) < 4.78 is 1.11. The van der Waals surface area contributed by atoms with Crippen LogP contribution in [0.1, 0.15) is 29.0 Å². The molecule has 1 atom stereocenters. The molecular formula is C13H14BrNS. The van der Waals surface area contributed by atoms with Gasteiger partial charge in [-0.2, -0.15) is 0 Å². The minimum atomic E-state index is -0.0113. The summed E-state index contributed by atoms with van der Waals surface area (Å²) in [7, 11) is 0. The maximum absolute atomic E-state index is 6.24. The van der Waals surface area contributed by atoms with Crippen molar-refractivity contribution in [1.82, 2.24) is 0 Å². The van der Waals surface area contributed by atoms with Crippen molar-refractivity contribution < 1.29 is 0 Å². The lowest BCUT2D eigenvalue weighted by Gasteiger charge is -2.11. The second-order valence-corrected chi connectivity index (χ2v) is 5.60. The lowest BCUT2D eigenvalue weighted by molar-refractivity contribution is 0.888. The first kappa shape index (κ1) is 11.8. The van der Waals surface area contributed by atoms with Gasteiger partial charge in [0.15, 0.2) is 0 Å². The lowest BCUT2D eigenvalue weighted by Crippen LogP contribution is -2.10. The van der Waals surface area contributed by atoms with Crippen molar-refractivity contribution in [3.63, 3.8) is 0 Å². The van der Waals surface area contributed by atoms with E-state index >= 15 is 0 Å². The van der Waals surface area contributed by atoms with Gasteiger partial charge in [-0.25, -0.2) is 0 Å². The molecule has 0 aliphatic carbocycles. The van der Waals surface area contributed by atoms with Crippen molar-refractivity contribution in [2.45, 2.75) is 19.4 Å². The number of nitrogens with two attached hydrogens (primary N) is 1. The summed E-state index contributed by atoms with van der Waals surface area (Å²) in [4.78, 5) is 1.19. The third kappa shape index (κ3) is 2.54. The van der Waals surface area contributed by atoms with Gasteiger partial charge in [0.25, 0.3) is 0 Å². The smallest absolute Gasteiger partial charge is 0.0646 e. The maximum Gasteiger partial charge on any atom is 0.0646 e. The zero-order chi connectivity index (χ0) is 11.5. The molecule has 2 N–H and O–H groups in total. The number of rotatable bonds is 3. The zero-order valence-corrected chi connectivity index (χ0v) is 11.5. The van der Waals surface area contributed by atoms with Gasteiger partial charge in [0.1, 0.15) is 0 Å². The summed E-state index contributed by atoms with van der Waals surface area (Å²) in [5.41, 5.74) is 8.77. The van der Waals surface area contributed by atoms with Crippen molar-refractivity contribution in [3.05, 3.63) is 56.2 Å². The molecular weight excluding hydrogens is 282 g/mol. The molecule has 84 valence electrons. The summed E-state index contributed by atoms with van der Waals surface area (Å²) in [6.45, 7) is 2.16. The second kappa shape index (κ2) is 5.13. The minimum absolute atomic E-state index is 0.0113. The first-order chi connectivity index (χ1) is 7.70. The average Bonchev–Trinajstić information content (AvgIpc) is 2.75. The molecule has 0 fully saturated rings. The Bertz CT molecular complexity index is 478. The highest BCUT2D eigenvalue weighted by Gasteiger charge is 2.11. The Balaban J connectivity index is 2.29. The third-order valence-electron chi connectivity index (χ3n) is 2.61. The minimum Gasteiger partial charge on any atom is -0.320 e. The molecule has 2 aromatic rings. The van der Waals surface area contributed by atoms with Crippen molar-refractivity contribution in [3.8, 4) is 0 Å². The van der Waals surface area contributed by atoms with Crippen molar-refractivity contribution in [2.24, 2.45) is 5.73 Å². The molecule has 2 rings (SSSR count). The number of hydrogen-bond donors (Lipinski definition) is 1. The third-order valence-corrected chi connectivity index (χ3v) is 4.39.